The van der Waals surface area contributed by atoms with Crippen LogP contribution >= 0.6 is 0 Å². The van der Waals surface area contributed by atoms with E-state index in [-0.39, 0.29) is 11.8 Å². The predicted molar refractivity (Wildman–Crippen MR) is 65.5 cm³/mol. The molecule has 18 heavy (non-hydrogen) atoms. The molecule has 1 saturated carbocycles. The lowest BCUT2D eigenvalue weighted by Gasteiger charge is -2.45. The Morgan fingerprint density at radius 2 is 1.83 bits per heavy atom. The van der Waals surface area contributed by atoms with Crippen LogP contribution in [0.4, 0.5) is 4.79 Å². The fourth-order valence-corrected chi connectivity index (χ4v) is 2.37. The zero-order valence-corrected chi connectivity index (χ0v) is 11.2. The zero-order valence-electron chi connectivity index (χ0n) is 11.2. The molecule has 1 saturated heterocycles. The molecule has 1 heterocycles. The first-order valence-corrected chi connectivity index (χ1v) is 6.56. The molecular weight excluding hydrogens is 232 g/mol. The number of urea groups is 1. The molecule has 1 N–H and O–H groups in total. The molecule has 1 spiro atoms. The van der Waals surface area contributed by atoms with E-state index in [1.807, 2.05) is 6.92 Å². The first-order chi connectivity index (χ1) is 8.38. The molecule has 5 nitrogen and oxygen atoms in total. The minimum Gasteiger partial charge on any atom is -0.277 e. The molecule has 0 radical (unpaired) electrons. The van der Waals surface area contributed by atoms with Crippen molar-refractivity contribution in [1.82, 2.24) is 10.2 Å². The van der Waals surface area contributed by atoms with Crippen molar-refractivity contribution in [3.8, 4) is 0 Å². The molecule has 0 aromatic rings. The van der Waals surface area contributed by atoms with E-state index in [2.05, 4.69) is 19.2 Å². The van der Waals surface area contributed by atoms with E-state index in [9.17, 15) is 14.4 Å². The summed E-state index contributed by atoms with van der Waals surface area (Å²) in [4.78, 5) is 37.2. The van der Waals surface area contributed by atoms with E-state index in [1.165, 1.54) is 4.90 Å². The zero-order chi connectivity index (χ0) is 13.5. The van der Waals surface area contributed by atoms with E-state index in [0.29, 0.717) is 25.3 Å². The Hall–Kier alpha value is -1.39. The molecule has 1 unspecified atom stereocenters. The summed E-state index contributed by atoms with van der Waals surface area (Å²) in [6, 6.07) is -0.560. The molecule has 1 atom stereocenters. The highest BCUT2D eigenvalue weighted by Gasteiger charge is 2.57. The summed E-state index contributed by atoms with van der Waals surface area (Å²) in [5.74, 6) is -0.0854. The Labute approximate surface area is 107 Å². The highest BCUT2D eigenvalue weighted by Crippen LogP contribution is 2.44. The summed E-state index contributed by atoms with van der Waals surface area (Å²) in [6.07, 6.45) is 2.01. The van der Waals surface area contributed by atoms with Crippen molar-refractivity contribution < 1.29 is 14.4 Å². The number of nitrogens with zero attached hydrogens (tertiary/aromatic N) is 1. The number of hydrogen-bond donors (Lipinski definition) is 1. The highest BCUT2D eigenvalue weighted by atomic mass is 16.2. The first kappa shape index (κ1) is 13.1. The van der Waals surface area contributed by atoms with Crippen LogP contribution in [0.1, 0.15) is 40.0 Å². The van der Waals surface area contributed by atoms with Crippen molar-refractivity contribution in [2.75, 3.05) is 6.54 Å². The first-order valence-electron chi connectivity index (χ1n) is 6.56. The van der Waals surface area contributed by atoms with Crippen LogP contribution in [-0.4, -0.2) is 29.3 Å². The Balaban J connectivity index is 2.17. The highest BCUT2D eigenvalue weighted by molar-refractivity contribution is 6.19. The SMILES string of the molecule is CC(C)C(C)CN1C(=O)NC(=O)C2(CCC2)C1=O. The van der Waals surface area contributed by atoms with Gasteiger partial charge in [0.15, 0.2) is 0 Å². The monoisotopic (exact) mass is 252 g/mol. The molecule has 2 rings (SSSR count). The van der Waals surface area contributed by atoms with Gasteiger partial charge < -0.3 is 0 Å². The van der Waals surface area contributed by atoms with Crippen LogP contribution in [0.5, 0.6) is 0 Å². The Kier molecular flexibility index (Phi) is 3.17. The second kappa shape index (κ2) is 4.37. The lowest BCUT2D eigenvalue weighted by atomic mass is 9.66. The van der Waals surface area contributed by atoms with Crippen LogP contribution in [0.25, 0.3) is 0 Å². The maximum absolute atomic E-state index is 12.4. The van der Waals surface area contributed by atoms with Gasteiger partial charge in [-0.2, -0.15) is 0 Å². The summed E-state index contributed by atoms with van der Waals surface area (Å²) in [6.45, 7) is 6.51. The van der Waals surface area contributed by atoms with E-state index in [1.54, 1.807) is 0 Å². The number of barbiturate groups is 1. The van der Waals surface area contributed by atoms with Gasteiger partial charge >= 0.3 is 6.03 Å². The van der Waals surface area contributed by atoms with Gasteiger partial charge in [-0.05, 0) is 24.7 Å². The van der Waals surface area contributed by atoms with Gasteiger partial charge in [0.25, 0.3) is 0 Å². The fraction of sp³-hybridized carbons (Fsp3) is 0.769. The van der Waals surface area contributed by atoms with E-state index in [0.717, 1.165) is 6.42 Å². The Morgan fingerprint density at radius 1 is 1.22 bits per heavy atom. The second-order valence-corrected chi connectivity index (χ2v) is 5.83. The van der Waals surface area contributed by atoms with Crippen LogP contribution in [-0.2, 0) is 9.59 Å². The average molecular weight is 252 g/mol. The molecule has 2 aliphatic rings. The van der Waals surface area contributed by atoms with Crippen LogP contribution in [0.3, 0.4) is 0 Å². The lowest BCUT2D eigenvalue weighted by Crippen LogP contribution is -2.66. The Bertz CT molecular complexity index is 399. The van der Waals surface area contributed by atoms with Gasteiger partial charge in [0.2, 0.25) is 11.8 Å². The van der Waals surface area contributed by atoms with Gasteiger partial charge in [0.1, 0.15) is 5.41 Å². The second-order valence-electron chi connectivity index (χ2n) is 5.83. The van der Waals surface area contributed by atoms with Crippen molar-refractivity contribution in [2.24, 2.45) is 17.3 Å². The molecule has 1 aliphatic heterocycles. The molecule has 0 aromatic carbocycles. The van der Waals surface area contributed by atoms with Gasteiger partial charge in [0, 0.05) is 6.54 Å². The van der Waals surface area contributed by atoms with Crippen LogP contribution in [0.15, 0.2) is 0 Å². The quantitative estimate of drug-likeness (QED) is 0.774. The standard InChI is InChI=1S/C13H20N2O3/c1-8(2)9(3)7-15-11(17)13(5-4-6-13)10(16)14-12(15)18/h8-9H,4-7H2,1-3H3,(H,14,16,18). The number of carbonyl (C=O) groups excluding carboxylic acids is 3. The normalized spacial score (nSPS) is 24.2. The molecule has 0 aromatic heterocycles. The summed E-state index contributed by atoms with van der Waals surface area (Å²) in [5.41, 5.74) is -0.940. The average Bonchev–Trinajstić information content (AvgIpc) is 2.21. The number of hydrogen-bond acceptors (Lipinski definition) is 3. The molecule has 4 amide bonds. The summed E-state index contributed by atoms with van der Waals surface area (Å²) < 4.78 is 0. The third-order valence-electron chi connectivity index (χ3n) is 4.37. The number of rotatable bonds is 3. The third kappa shape index (κ3) is 1.82. The van der Waals surface area contributed by atoms with Gasteiger partial charge in [0.05, 0.1) is 0 Å². The fourth-order valence-electron chi connectivity index (χ4n) is 2.37. The molecular formula is C13H20N2O3. The molecule has 1 aliphatic carbocycles. The number of amides is 4. The third-order valence-corrected chi connectivity index (χ3v) is 4.37. The van der Waals surface area contributed by atoms with E-state index < -0.39 is 17.4 Å². The van der Waals surface area contributed by atoms with E-state index >= 15 is 0 Å². The maximum Gasteiger partial charge on any atom is 0.330 e. The summed E-state index contributed by atoms with van der Waals surface area (Å²) in [5, 5.41) is 2.32. The number of nitrogens with one attached hydrogen (secondary N) is 1. The van der Waals surface area contributed by atoms with Crippen LogP contribution in [0, 0.1) is 17.3 Å². The molecule has 2 fully saturated rings. The molecule has 100 valence electrons. The molecule has 0 bridgehead atoms. The van der Waals surface area contributed by atoms with Gasteiger partial charge in [-0.3, -0.25) is 19.8 Å². The van der Waals surface area contributed by atoms with Crippen molar-refractivity contribution >= 4 is 17.8 Å². The Morgan fingerprint density at radius 3 is 2.28 bits per heavy atom. The van der Waals surface area contributed by atoms with Crippen LogP contribution in [0.2, 0.25) is 0 Å². The van der Waals surface area contributed by atoms with Crippen molar-refractivity contribution in [3.05, 3.63) is 0 Å². The largest absolute Gasteiger partial charge is 0.330 e. The predicted octanol–water partition coefficient (Wildman–Crippen LogP) is 1.53. The van der Waals surface area contributed by atoms with Crippen LogP contribution < -0.4 is 5.32 Å². The van der Waals surface area contributed by atoms with Gasteiger partial charge in [-0.15, -0.1) is 0 Å². The minimum absolute atomic E-state index is 0.227. The number of carbonyl (C=O) groups is 3. The summed E-state index contributed by atoms with van der Waals surface area (Å²) >= 11 is 0. The number of imide groups is 2. The minimum atomic E-state index is -0.940. The van der Waals surface area contributed by atoms with E-state index in [4.69, 9.17) is 0 Å². The van der Waals surface area contributed by atoms with Crippen molar-refractivity contribution in [1.29, 1.82) is 0 Å². The topological polar surface area (TPSA) is 66.5 Å². The molecule has 5 heteroatoms. The smallest absolute Gasteiger partial charge is 0.277 e. The summed E-state index contributed by atoms with van der Waals surface area (Å²) in [7, 11) is 0. The lowest BCUT2D eigenvalue weighted by molar-refractivity contribution is -0.158. The van der Waals surface area contributed by atoms with Crippen molar-refractivity contribution in [2.45, 2.75) is 40.0 Å². The van der Waals surface area contributed by atoms with Gasteiger partial charge in [-0.25, -0.2) is 4.79 Å². The maximum atomic E-state index is 12.4. The van der Waals surface area contributed by atoms with Gasteiger partial charge in [-0.1, -0.05) is 27.2 Å². The van der Waals surface area contributed by atoms with Crippen molar-refractivity contribution in [3.63, 3.8) is 0 Å².